The van der Waals surface area contributed by atoms with E-state index in [4.69, 9.17) is 17.3 Å². The van der Waals surface area contributed by atoms with Gasteiger partial charge in [-0.05, 0) is 0 Å². The first kappa shape index (κ1) is 6.10. The van der Waals surface area contributed by atoms with Crippen LogP contribution in [0.4, 0.5) is 0 Å². The molecule has 0 aromatic carbocycles. The molecule has 0 spiro atoms. The van der Waals surface area contributed by atoms with Crippen LogP contribution in [0.25, 0.3) is 0 Å². The van der Waals surface area contributed by atoms with Gasteiger partial charge < -0.3 is 5.73 Å². The van der Waals surface area contributed by atoms with Crippen molar-refractivity contribution in [3.8, 4) is 0 Å². The highest BCUT2D eigenvalue weighted by Crippen LogP contribution is 2.03. The van der Waals surface area contributed by atoms with Crippen LogP contribution in [0.3, 0.4) is 0 Å². The van der Waals surface area contributed by atoms with Crippen LogP contribution < -0.4 is 5.73 Å². The number of carbonyl (C=O) groups excluding carboxylic acids is 1. The Hall–Kier alpha value is -1.03. The van der Waals surface area contributed by atoms with Gasteiger partial charge in [-0.3, -0.25) is 9.89 Å². The molecule has 4 nitrogen and oxygen atoms in total. The van der Waals surface area contributed by atoms with Gasteiger partial charge in [-0.15, -0.1) is 0 Å². The van der Waals surface area contributed by atoms with Gasteiger partial charge in [0, 0.05) is 6.07 Å². The molecule has 0 saturated carbocycles. The van der Waals surface area contributed by atoms with Crippen LogP contribution in [-0.4, -0.2) is 16.1 Å². The molecule has 1 amide bonds. The summed E-state index contributed by atoms with van der Waals surface area (Å²) in [7, 11) is 0. The Labute approximate surface area is 56.0 Å². The fourth-order valence-corrected chi connectivity index (χ4v) is 0.570. The summed E-state index contributed by atoms with van der Waals surface area (Å²) in [6, 6.07) is 1.36. The van der Waals surface area contributed by atoms with E-state index in [0.717, 1.165) is 0 Å². The molecule has 1 aromatic rings. The van der Waals surface area contributed by atoms with E-state index in [1.54, 1.807) is 0 Å². The first-order valence-electron chi connectivity index (χ1n) is 2.21. The van der Waals surface area contributed by atoms with Crippen LogP contribution in [0.2, 0.25) is 5.15 Å². The van der Waals surface area contributed by atoms with Gasteiger partial charge in [-0.1, -0.05) is 11.6 Å². The number of aromatic amines is 1. The van der Waals surface area contributed by atoms with Crippen LogP contribution in [-0.2, 0) is 0 Å². The number of nitrogens with zero attached hydrogens (tertiary/aromatic N) is 1. The molecule has 9 heavy (non-hydrogen) atoms. The monoisotopic (exact) mass is 145 g/mol. The quantitative estimate of drug-likeness (QED) is 0.591. The molecule has 5 heteroatoms. The highest BCUT2D eigenvalue weighted by Gasteiger charge is 2.02. The smallest absolute Gasteiger partial charge is 0.269 e. The standard InChI is InChI=1S/C4H4ClN3O/c5-3-1-2(4(6)9)7-8-3/h1H,(H2,6,9)(H,7,8). The maximum absolute atomic E-state index is 10.3. The lowest BCUT2D eigenvalue weighted by Gasteiger charge is -1.78. The number of H-pyrrole nitrogens is 1. The number of hydrogen-bond donors (Lipinski definition) is 2. The molecule has 1 heterocycles. The summed E-state index contributed by atoms with van der Waals surface area (Å²) in [4.78, 5) is 10.3. The van der Waals surface area contributed by atoms with Crippen LogP contribution in [0, 0.1) is 0 Å². The predicted octanol–water partition coefficient (Wildman–Crippen LogP) is 0.162. The molecule has 0 radical (unpaired) electrons. The number of rotatable bonds is 1. The molecule has 1 rings (SSSR count). The zero-order valence-corrected chi connectivity index (χ0v) is 5.14. The fraction of sp³-hybridized carbons (Fsp3) is 0. The number of nitrogens with one attached hydrogen (secondary N) is 1. The average molecular weight is 146 g/mol. The predicted molar refractivity (Wildman–Crippen MR) is 32.1 cm³/mol. The SMILES string of the molecule is NC(=O)c1cc(Cl)[nH]n1. The average Bonchev–Trinajstić information content (AvgIpc) is 2.14. The Balaban J connectivity index is 2.98. The van der Waals surface area contributed by atoms with Crippen molar-refractivity contribution >= 4 is 17.5 Å². The van der Waals surface area contributed by atoms with Gasteiger partial charge >= 0.3 is 0 Å². The van der Waals surface area contributed by atoms with Crippen LogP contribution in [0.5, 0.6) is 0 Å². The summed E-state index contributed by atoms with van der Waals surface area (Å²) in [6.45, 7) is 0. The van der Waals surface area contributed by atoms with Gasteiger partial charge in [-0.25, -0.2) is 0 Å². The second kappa shape index (κ2) is 2.06. The number of hydrogen-bond acceptors (Lipinski definition) is 2. The Morgan fingerprint density at radius 3 is 2.78 bits per heavy atom. The summed E-state index contributed by atoms with van der Waals surface area (Å²) in [5, 5.41) is 6.16. The van der Waals surface area contributed by atoms with Crippen molar-refractivity contribution in [3.05, 3.63) is 16.9 Å². The topological polar surface area (TPSA) is 71.8 Å². The molecule has 48 valence electrons. The van der Waals surface area contributed by atoms with Gasteiger partial charge in [0.25, 0.3) is 5.91 Å². The van der Waals surface area contributed by atoms with E-state index in [9.17, 15) is 4.79 Å². The van der Waals surface area contributed by atoms with E-state index >= 15 is 0 Å². The zero-order valence-electron chi connectivity index (χ0n) is 4.39. The van der Waals surface area contributed by atoms with Gasteiger partial charge in [-0.2, -0.15) is 5.10 Å². The minimum absolute atomic E-state index is 0.153. The first-order valence-corrected chi connectivity index (χ1v) is 2.58. The zero-order chi connectivity index (χ0) is 6.85. The van der Waals surface area contributed by atoms with E-state index in [0.29, 0.717) is 5.15 Å². The van der Waals surface area contributed by atoms with Gasteiger partial charge in [0.2, 0.25) is 0 Å². The number of amides is 1. The fourth-order valence-electron chi connectivity index (χ4n) is 0.424. The molecule has 3 N–H and O–H groups in total. The molecule has 0 aliphatic rings. The highest BCUT2D eigenvalue weighted by molar-refractivity contribution is 6.29. The summed E-state index contributed by atoms with van der Waals surface area (Å²) in [5.74, 6) is -0.585. The van der Waals surface area contributed by atoms with E-state index in [1.165, 1.54) is 6.07 Å². The van der Waals surface area contributed by atoms with Gasteiger partial charge in [0.15, 0.2) is 5.69 Å². The van der Waals surface area contributed by atoms with Crippen molar-refractivity contribution in [2.24, 2.45) is 5.73 Å². The lowest BCUT2D eigenvalue weighted by molar-refractivity contribution is 0.0995. The molecule has 1 aromatic heterocycles. The van der Waals surface area contributed by atoms with Crippen molar-refractivity contribution in [2.75, 3.05) is 0 Å². The largest absolute Gasteiger partial charge is 0.364 e. The third kappa shape index (κ3) is 1.20. The molecule has 0 saturated heterocycles. The molecule has 0 fully saturated rings. The summed E-state index contributed by atoms with van der Waals surface area (Å²) in [5.41, 5.74) is 5.00. The minimum Gasteiger partial charge on any atom is -0.364 e. The summed E-state index contributed by atoms with van der Waals surface area (Å²) >= 11 is 5.38. The van der Waals surface area contributed by atoms with E-state index in [1.807, 2.05) is 0 Å². The second-order valence-electron chi connectivity index (χ2n) is 1.47. The second-order valence-corrected chi connectivity index (χ2v) is 1.87. The Morgan fingerprint density at radius 1 is 1.89 bits per heavy atom. The van der Waals surface area contributed by atoms with E-state index in [-0.39, 0.29) is 5.69 Å². The molecule has 0 atom stereocenters. The maximum Gasteiger partial charge on any atom is 0.269 e. The normalized spacial score (nSPS) is 9.44. The highest BCUT2D eigenvalue weighted by atomic mass is 35.5. The van der Waals surface area contributed by atoms with Crippen molar-refractivity contribution in [2.45, 2.75) is 0 Å². The number of carbonyl (C=O) groups is 1. The molecule has 0 aliphatic heterocycles. The summed E-state index contributed by atoms with van der Waals surface area (Å²) in [6.07, 6.45) is 0. The third-order valence-corrected chi connectivity index (χ3v) is 0.993. The van der Waals surface area contributed by atoms with Crippen LogP contribution in [0.15, 0.2) is 6.07 Å². The lowest BCUT2D eigenvalue weighted by Crippen LogP contribution is -2.10. The molecule has 0 aliphatic carbocycles. The van der Waals surface area contributed by atoms with E-state index < -0.39 is 5.91 Å². The van der Waals surface area contributed by atoms with Gasteiger partial charge in [0.1, 0.15) is 5.15 Å². The number of primary amides is 1. The number of aromatic nitrogens is 2. The van der Waals surface area contributed by atoms with Crippen molar-refractivity contribution < 1.29 is 4.79 Å². The Bertz CT molecular complexity index is 231. The number of nitrogens with two attached hydrogens (primary N) is 1. The lowest BCUT2D eigenvalue weighted by atomic mass is 10.4. The Kier molecular flexibility index (Phi) is 1.40. The number of halogens is 1. The minimum atomic E-state index is -0.585. The van der Waals surface area contributed by atoms with Crippen molar-refractivity contribution in [3.63, 3.8) is 0 Å². The van der Waals surface area contributed by atoms with Crippen molar-refractivity contribution in [1.82, 2.24) is 10.2 Å². The molecular weight excluding hydrogens is 142 g/mol. The van der Waals surface area contributed by atoms with Gasteiger partial charge in [0.05, 0.1) is 0 Å². The summed E-state index contributed by atoms with van der Waals surface area (Å²) < 4.78 is 0. The first-order chi connectivity index (χ1) is 4.20. The molecular formula is C4H4ClN3O. The maximum atomic E-state index is 10.3. The van der Waals surface area contributed by atoms with Crippen molar-refractivity contribution in [1.29, 1.82) is 0 Å². The Morgan fingerprint density at radius 2 is 2.56 bits per heavy atom. The molecule has 0 unspecified atom stereocenters. The van der Waals surface area contributed by atoms with Crippen LogP contribution in [0.1, 0.15) is 10.5 Å². The van der Waals surface area contributed by atoms with Crippen LogP contribution >= 0.6 is 11.6 Å². The molecule has 0 bridgehead atoms. The third-order valence-electron chi connectivity index (χ3n) is 0.799. The van der Waals surface area contributed by atoms with E-state index in [2.05, 4.69) is 10.2 Å².